The maximum absolute atomic E-state index is 12.3. The lowest BCUT2D eigenvalue weighted by Gasteiger charge is -2.24. The van der Waals surface area contributed by atoms with Crippen molar-refractivity contribution in [1.82, 2.24) is 4.90 Å². The number of benzene rings is 1. The van der Waals surface area contributed by atoms with Gasteiger partial charge < -0.3 is 10.0 Å². The van der Waals surface area contributed by atoms with Gasteiger partial charge in [0.2, 0.25) is 5.91 Å². The van der Waals surface area contributed by atoms with Crippen molar-refractivity contribution in [2.45, 2.75) is 32.2 Å². The molecule has 4 nitrogen and oxygen atoms in total. The Morgan fingerprint density at radius 3 is 2.52 bits per heavy atom. The van der Waals surface area contributed by atoms with Gasteiger partial charge in [-0.2, -0.15) is 12.6 Å². The Labute approximate surface area is 130 Å². The highest BCUT2D eigenvalue weighted by molar-refractivity contribution is 7.80. The van der Waals surface area contributed by atoms with E-state index in [0.717, 1.165) is 5.56 Å². The fourth-order valence-electron chi connectivity index (χ4n) is 2.75. The van der Waals surface area contributed by atoms with E-state index in [1.807, 2.05) is 31.2 Å². The first-order valence-corrected chi connectivity index (χ1v) is 7.78. The van der Waals surface area contributed by atoms with Crippen molar-refractivity contribution in [1.29, 1.82) is 0 Å². The lowest BCUT2D eigenvalue weighted by Crippen LogP contribution is -2.43. The second-order valence-corrected chi connectivity index (χ2v) is 6.14. The van der Waals surface area contributed by atoms with Crippen LogP contribution in [0.2, 0.25) is 0 Å². The van der Waals surface area contributed by atoms with Crippen molar-refractivity contribution in [2.75, 3.05) is 12.3 Å². The number of hydrogen-bond acceptors (Lipinski definition) is 3. The third-order valence-electron chi connectivity index (χ3n) is 4.11. The highest BCUT2D eigenvalue weighted by atomic mass is 32.1. The van der Waals surface area contributed by atoms with E-state index in [-0.39, 0.29) is 17.7 Å². The minimum absolute atomic E-state index is 0.0859. The molecule has 0 bridgehead atoms. The lowest BCUT2D eigenvalue weighted by atomic mass is 9.95. The van der Waals surface area contributed by atoms with E-state index < -0.39 is 12.0 Å². The van der Waals surface area contributed by atoms with Gasteiger partial charge in [-0.15, -0.1) is 0 Å². The molecule has 1 aliphatic rings. The van der Waals surface area contributed by atoms with Crippen LogP contribution in [0.15, 0.2) is 24.3 Å². The molecule has 1 saturated heterocycles. The number of carboxylic acid groups (broad SMARTS) is 1. The molecule has 0 spiro atoms. The molecule has 21 heavy (non-hydrogen) atoms. The van der Waals surface area contributed by atoms with Crippen LogP contribution in [-0.4, -0.2) is 40.2 Å². The second kappa shape index (κ2) is 6.52. The molecule has 2 unspecified atom stereocenters. The third-order valence-corrected chi connectivity index (χ3v) is 4.66. The number of amides is 1. The Morgan fingerprint density at radius 1 is 1.38 bits per heavy atom. The Balaban J connectivity index is 2.20. The number of carbonyl (C=O) groups is 2. The fraction of sp³-hybridized carbons (Fsp3) is 0.500. The molecule has 1 amide bonds. The topological polar surface area (TPSA) is 57.6 Å². The standard InChI is InChI=1S/C16H21NO3S/c1-10-3-5-12(6-4-10)13-7-14(16(19)20)17(8-13)15(18)11(2)9-21/h3-6,11,13-14,21H,7-9H2,1-2H3,(H,19,20)/t11?,13?,14-/m0/s1. The zero-order chi connectivity index (χ0) is 15.6. The maximum atomic E-state index is 12.3. The minimum Gasteiger partial charge on any atom is -0.480 e. The van der Waals surface area contributed by atoms with E-state index in [0.29, 0.717) is 18.7 Å². The number of hydrogen-bond donors (Lipinski definition) is 2. The molecule has 0 radical (unpaired) electrons. The first kappa shape index (κ1) is 15.9. The number of carbonyl (C=O) groups excluding carboxylic acids is 1. The van der Waals surface area contributed by atoms with Crippen molar-refractivity contribution in [2.24, 2.45) is 5.92 Å². The molecule has 0 aromatic heterocycles. The van der Waals surface area contributed by atoms with Crippen molar-refractivity contribution < 1.29 is 14.7 Å². The van der Waals surface area contributed by atoms with Gasteiger partial charge in [-0.1, -0.05) is 36.8 Å². The van der Waals surface area contributed by atoms with Gasteiger partial charge in [-0.05, 0) is 18.9 Å². The van der Waals surface area contributed by atoms with Gasteiger partial charge in [0.25, 0.3) is 0 Å². The van der Waals surface area contributed by atoms with Crippen LogP contribution in [0.1, 0.15) is 30.4 Å². The molecule has 1 heterocycles. The summed E-state index contributed by atoms with van der Waals surface area (Å²) in [5.41, 5.74) is 2.27. The summed E-state index contributed by atoms with van der Waals surface area (Å²) in [6, 6.07) is 7.35. The van der Waals surface area contributed by atoms with Gasteiger partial charge in [0, 0.05) is 24.1 Å². The van der Waals surface area contributed by atoms with Crippen LogP contribution >= 0.6 is 12.6 Å². The van der Waals surface area contributed by atoms with Gasteiger partial charge in [0.05, 0.1) is 0 Å². The molecular weight excluding hydrogens is 286 g/mol. The molecule has 2 rings (SSSR count). The summed E-state index contributed by atoms with van der Waals surface area (Å²) in [4.78, 5) is 25.3. The highest BCUT2D eigenvalue weighted by Gasteiger charge is 2.41. The Hall–Kier alpha value is -1.49. The van der Waals surface area contributed by atoms with E-state index in [1.165, 1.54) is 10.5 Å². The quantitative estimate of drug-likeness (QED) is 0.839. The monoisotopic (exact) mass is 307 g/mol. The maximum Gasteiger partial charge on any atom is 0.326 e. The van der Waals surface area contributed by atoms with Crippen LogP contribution in [0.5, 0.6) is 0 Å². The highest BCUT2D eigenvalue weighted by Crippen LogP contribution is 2.33. The van der Waals surface area contributed by atoms with Crippen molar-refractivity contribution in [3.8, 4) is 0 Å². The van der Waals surface area contributed by atoms with Gasteiger partial charge in [0.15, 0.2) is 0 Å². The van der Waals surface area contributed by atoms with E-state index in [4.69, 9.17) is 0 Å². The lowest BCUT2D eigenvalue weighted by molar-refractivity contribution is -0.149. The Morgan fingerprint density at radius 2 is 2.00 bits per heavy atom. The molecule has 114 valence electrons. The molecule has 5 heteroatoms. The SMILES string of the molecule is Cc1ccc(C2C[C@@H](C(=O)O)N(C(=O)C(C)CS)C2)cc1. The van der Waals surface area contributed by atoms with Gasteiger partial charge >= 0.3 is 5.97 Å². The minimum atomic E-state index is -0.927. The molecule has 1 aromatic carbocycles. The average molecular weight is 307 g/mol. The van der Waals surface area contributed by atoms with Crippen molar-refractivity contribution in [3.63, 3.8) is 0 Å². The van der Waals surface area contributed by atoms with Crippen molar-refractivity contribution in [3.05, 3.63) is 35.4 Å². The predicted molar refractivity (Wildman–Crippen MR) is 84.7 cm³/mol. The number of aliphatic carboxylic acids is 1. The van der Waals surface area contributed by atoms with E-state index in [1.54, 1.807) is 6.92 Å². The number of carboxylic acids is 1. The third kappa shape index (κ3) is 3.40. The summed E-state index contributed by atoms with van der Waals surface area (Å²) in [6.07, 6.45) is 0.476. The number of thiol groups is 1. The Bertz CT molecular complexity index is 529. The number of likely N-dealkylation sites (tertiary alicyclic amines) is 1. The van der Waals surface area contributed by atoms with Gasteiger partial charge in [-0.3, -0.25) is 4.79 Å². The first-order valence-electron chi connectivity index (χ1n) is 7.14. The smallest absolute Gasteiger partial charge is 0.326 e. The number of rotatable bonds is 4. The normalized spacial score (nSPS) is 23.1. The van der Waals surface area contributed by atoms with Gasteiger partial charge in [0.1, 0.15) is 6.04 Å². The van der Waals surface area contributed by atoms with Crippen LogP contribution in [0.25, 0.3) is 0 Å². The van der Waals surface area contributed by atoms with Crippen LogP contribution in [-0.2, 0) is 9.59 Å². The predicted octanol–water partition coefficient (Wildman–Crippen LogP) is 2.33. The summed E-state index contributed by atoms with van der Waals surface area (Å²) in [5, 5.41) is 9.38. The molecule has 0 aliphatic carbocycles. The van der Waals surface area contributed by atoms with Crippen LogP contribution < -0.4 is 0 Å². The zero-order valence-corrected chi connectivity index (χ0v) is 13.2. The summed E-state index contributed by atoms with van der Waals surface area (Å²) in [7, 11) is 0. The molecular formula is C16H21NO3S. The summed E-state index contributed by atoms with van der Waals surface area (Å²) in [6.45, 7) is 4.27. The van der Waals surface area contributed by atoms with Crippen molar-refractivity contribution >= 4 is 24.5 Å². The zero-order valence-electron chi connectivity index (χ0n) is 12.3. The summed E-state index contributed by atoms with van der Waals surface area (Å²) in [5.74, 6) is -0.789. The second-order valence-electron chi connectivity index (χ2n) is 5.77. The number of aryl methyl sites for hydroxylation is 1. The largest absolute Gasteiger partial charge is 0.480 e. The number of nitrogens with zero attached hydrogens (tertiary/aromatic N) is 1. The molecule has 1 N–H and O–H groups in total. The molecule has 1 fully saturated rings. The molecule has 3 atom stereocenters. The Kier molecular flexibility index (Phi) is 4.93. The summed E-state index contributed by atoms with van der Waals surface area (Å²) < 4.78 is 0. The van der Waals surface area contributed by atoms with Gasteiger partial charge in [-0.25, -0.2) is 4.79 Å². The van der Waals surface area contributed by atoms with E-state index in [9.17, 15) is 14.7 Å². The molecule has 1 aliphatic heterocycles. The van der Waals surface area contributed by atoms with Crippen LogP contribution in [0.4, 0.5) is 0 Å². The summed E-state index contributed by atoms with van der Waals surface area (Å²) >= 11 is 4.14. The van der Waals surface area contributed by atoms with E-state index in [2.05, 4.69) is 12.6 Å². The molecule has 1 aromatic rings. The molecule has 0 saturated carbocycles. The van der Waals surface area contributed by atoms with E-state index >= 15 is 0 Å². The fourth-order valence-corrected chi connectivity index (χ4v) is 2.91. The average Bonchev–Trinajstić information content (AvgIpc) is 2.91. The first-order chi connectivity index (χ1) is 9.93. The van der Waals surface area contributed by atoms with Crippen LogP contribution in [0, 0.1) is 12.8 Å². The van der Waals surface area contributed by atoms with Crippen LogP contribution in [0.3, 0.4) is 0 Å².